The highest BCUT2D eigenvalue weighted by Crippen LogP contribution is 2.23. The van der Waals surface area contributed by atoms with Gasteiger partial charge in [-0.15, -0.1) is 0 Å². The molecule has 0 fully saturated rings. The molecule has 1 unspecified atom stereocenters. The Morgan fingerprint density at radius 1 is 1.29 bits per heavy atom. The third kappa shape index (κ3) is 3.97. The molecule has 0 aliphatic carbocycles. The summed E-state index contributed by atoms with van der Waals surface area (Å²) in [5.74, 6) is 0.717. The molecule has 0 aromatic heterocycles. The molecular formula is C12H28N2. The second-order valence-corrected chi connectivity index (χ2v) is 4.88. The summed E-state index contributed by atoms with van der Waals surface area (Å²) < 4.78 is 0. The lowest BCUT2D eigenvalue weighted by atomic mass is 9.88. The maximum absolute atomic E-state index is 5.92. The van der Waals surface area contributed by atoms with Gasteiger partial charge in [0.25, 0.3) is 0 Å². The van der Waals surface area contributed by atoms with Crippen molar-refractivity contribution in [2.24, 2.45) is 11.7 Å². The van der Waals surface area contributed by atoms with Crippen molar-refractivity contribution in [3.05, 3.63) is 0 Å². The molecule has 2 heteroatoms. The van der Waals surface area contributed by atoms with E-state index in [4.69, 9.17) is 5.73 Å². The average molecular weight is 200 g/mol. The maximum Gasteiger partial charge on any atom is 0.0305 e. The van der Waals surface area contributed by atoms with Crippen LogP contribution in [0.5, 0.6) is 0 Å². The van der Waals surface area contributed by atoms with Gasteiger partial charge < -0.3 is 5.73 Å². The normalized spacial score (nSPS) is 16.3. The Bertz CT molecular complexity index is 145. The van der Waals surface area contributed by atoms with Crippen molar-refractivity contribution in [1.82, 2.24) is 4.90 Å². The predicted molar refractivity (Wildman–Crippen MR) is 64.5 cm³/mol. The first kappa shape index (κ1) is 13.9. The summed E-state index contributed by atoms with van der Waals surface area (Å²) in [4.78, 5) is 2.52. The SMILES string of the molecule is CCCN(CC)C(C)(CN)CC(C)C. The summed E-state index contributed by atoms with van der Waals surface area (Å²) in [5.41, 5.74) is 6.11. The third-order valence-electron chi connectivity index (χ3n) is 2.93. The Balaban J connectivity index is 4.44. The van der Waals surface area contributed by atoms with Crippen LogP contribution >= 0.6 is 0 Å². The zero-order chi connectivity index (χ0) is 11.2. The van der Waals surface area contributed by atoms with E-state index in [0.29, 0.717) is 0 Å². The van der Waals surface area contributed by atoms with Gasteiger partial charge in [-0.2, -0.15) is 0 Å². The van der Waals surface area contributed by atoms with E-state index in [1.165, 1.54) is 12.8 Å². The molecule has 0 rings (SSSR count). The van der Waals surface area contributed by atoms with Gasteiger partial charge in [-0.1, -0.05) is 27.7 Å². The van der Waals surface area contributed by atoms with Crippen LogP contribution in [-0.2, 0) is 0 Å². The molecule has 14 heavy (non-hydrogen) atoms. The van der Waals surface area contributed by atoms with Crippen molar-refractivity contribution in [2.45, 2.75) is 53.0 Å². The zero-order valence-corrected chi connectivity index (χ0v) is 10.6. The van der Waals surface area contributed by atoms with Gasteiger partial charge in [0.1, 0.15) is 0 Å². The number of nitrogens with zero attached hydrogens (tertiary/aromatic N) is 1. The Kier molecular flexibility index (Phi) is 6.38. The predicted octanol–water partition coefficient (Wildman–Crippen LogP) is 2.48. The fourth-order valence-electron chi connectivity index (χ4n) is 2.30. The van der Waals surface area contributed by atoms with E-state index in [2.05, 4.69) is 39.5 Å². The van der Waals surface area contributed by atoms with Crippen LogP contribution in [0.25, 0.3) is 0 Å². The van der Waals surface area contributed by atoms with Crippen molar-refractivity contribution in [2.75, 3.05) is 19.6 Å². The van der Waals surface area contributed by atoms with Gasteiger partial charge in [0, 0.05) is 12.1 Å². The number of hydrogen-bond donors (Lipinski definition) is 1. The summed E-state index contributed by atoms with van der Waals surface area (Å²) >= 11 is 0. The van der Waals surface area contributed by atoms with Crippen LogP contribution in [0.15, 0.2) is 0 Å². The molecule has 0 saturated heterocycles. The van der Waals surface area contributed by atoms with Crippen molar-refractivity contribution in [1.29, 1.82) is 0 Å². The zero-order valence-electron chi connectivity index (χ0n) is 10.6. The Labute approximate surface area is 89.9 Å². The Hall–Kier alpha value is -0.0800. The molecule has 2 nitrogen and oxygen atoms in total. The second kappa shape index (κ2) is 6.41. The monoisotopic (exact) mass is 200 g/mol. The van der Waals surface area contributed by atoms with E-state index in [-0.39, 0.29) is 5.54 Å². The standard InChI is InChI=1S/C12H28N2/c1-6-8-14(7-2)12(5,10-13)9-11(3)4/h11H,6-10,13H2,1-5H3. The second-order valence-electron chi connectivity index (χ2n) is 4.88. The first-order chi connectivity index (χ1) is 6.50. The molecule has 86 valence electrons. The number of rotatable bonds is 7. The summed E-state index contributed by atoms with van der Waals surface area (Å²) in [6.45, 7) is 14.3. The topological polar surface area (TPSA) is 29.3 Å². The molecule has 0 heterocycles. The lowest BCUT2D eigenvalue weighted by Gasteiger charge is -2.41. The minimum Gasteiger partial charge on any atom is -0.329 e. The van der Waals surface area contributed by atoms with Gasteiger partial charge in [0.05, 0.1) is 0 Å². The molecule has 0 saturated carbocycles. The lowest BCUT2D eigenvalue weighted by Crippen LogP contribution is -2.52. The van der Waals surface area contributed by atoms with Gasteiger partial charge in [-0.3, -0.25) is 4.90 Å². The highest BCUT2D eigenvalue weighted by atomic mass is 15.2. The number of likely N-dealkylation sites (N-methyl/N-ethyl adjacent to an activating group) is 1. The molecule has 0 radical (unpaired) electrons. The maximum atomic E-state index is 5.92. The molecule has 0 aliphatic rings. The molecule has 0 amide bonds. The van der Waals surface area contributed by atoms with Crippen LogP contribution in [0.1, 0.15) is 47.5 Å². The van der Waals surface area contributed by atoms with Gasteiger partial charge in [-0.25, -0.2) is 0 Å². The minimum atomic E-state index is 0.193. The molecule has 0 bridgehead atoms. The summed E-state index contributed by atoms with van der Waals surface area (Å²) in [6, 6.07) is 0. The minimum absolute atomic E-state index is 0.193. The lowest BCUT2D eigenvalue weighted by molar-refractivity contribution is 0.0948. The molecule has 0 aromatic rings. The van der Waals surface area contributed by atoms with Crippen LogP contribution in [0.3, 0.4) is 0 Å². The van der Waals surface area contributed by atoms with E-state index < -0.39 is 0 Å². The van der Waals surface area contributed by atoms with Crippen LogP contribution in [0.4, 0.5) is 0 Å². The highest BCUT2D eigenvalue weighted by Gasteiger charge is 2.29. The van der Waals surface area contributed by atoms with E-state index in [0.717, 1.165) is 25.6 Å². The summed E-state index contributed by atoms with van der Waals surface area (Å²) in [5, 5.41) is 0. The molecular weight excluding hydrogens is 172 g/mol. The third-order valence-corrected chi connectivity index (χ3v) is 2.93. The number of nitrogens with two attached hydrogens (primary N) is 1. The summed E-state index contributed by atoms with van der Waals surface area (Å²) in [7, 11) is 0. The van der Waals surface area contributed by atoms with Gasteiger partial charge >= 0.3 is 0 Å². The van der Waals surface area contributed by atoms with E-state index >= 15 is 0 Å². The van der Waals surface area contributed by atoms with Gasteiger partial charge in [-0.05, 0) is 38.8 Å². The Morgan fingerprint density at radius 2 is 1.86 bits per heavy atom. The fraction of sp³-hybridized carbons (Fsp3) is 1.00. The van der Waals surface area contributed by atoms with Crippen molar-refractivity contribution < 1.29 is 0 Å². The number of hydrogen-bond acceptors (Lipinski definition) is 2. The molecule has 0 aliphatic heterocycles. The fourth-order valence-corrected chi connectivity index (χ4v) is 2.30. The van der Waals surface area contributed by atoms with Crippen LogP contribution in [-0.4, -0.2) is 30.1 Å². The van der Waals surface area contributed by atoms with Crippen molar-refractivity contribution in [3.8, 4) is 0 Å². The first-order valence-corrected chi connectivity index (χ1v) is 5.95. The van der Waals surface area contributed by atoms with Gasteiger partial charge in [0.2, 0.25) is 0 Å². The highest BCUT2D eigenvalue weighted by molar-refractivity contribution is 4.87. The molecule has 1 atom stereocenters. The van der Waals surface area contributed by atoms with Crippen LogP contribution in [0.2, 0.25) is 0 Å². The van der Waals surface area contributed by atoms with E-state index in [9.17, 15) is 0 Å². The molecule has 2 N–H and O–H groups in total. The van der Waals surface area contributed by atoms with E-state index in [1.54, 1.807) is 0 Å². The smallest absolute Gasteiger partial charge is 0.0305 e. The first-order valence-electron chi connectivity index (χ1n) is 5.95. The molecule has 0 spiro atoms. The average Bonchev–Trinajstić information content (AvgIpc) is 2.12. The summed E-state index contributed by atoms with van der Waals surface area (Å²) in [6.07, 6.45) is 2.40. The largest absolute Gasteiger partial charge is 0.329 e. The van der Waals surface area contributed by atoms with Crippen LogP contribution < -0.4 is 5.73 Å². The van der Waals surface area contributed by atoms with Crippen molar-refractivity contribution >= 4 is 0 Å². The van der Waals surface area contributed by atoms with Crippen LogP contribution in [0, 0.1) is 5.92 Å². The quantitative estimate of drug-likeness (QED) is 0.684. The Morgan fingerprint density at radius 3 is 2.14 bits per heavy atom. The van der Waals surface area contributed by atoms with Crippen molar-refractivity contribution in [3.63, 3.8) is 0 Å². The molecule has 0 aromatic carbocycles. The van der Waals surface area contributed by atoms with E-state index in [1.807, 2.05) is 0 Å². The van der Waals surface area contributed by atoms with Gasteiger partial charge in [0.15, 0.2) is 0 Å².